The smallest absolute Gasteiger partial charge is 0.125 e. The Morgan fingerprint density at radius 1 is 1.41 bits per heavy atom. The van der Waals surface area contributed by atoms with Crippen LogP contribution in [0, 0.1) is 5.82 Å². The van der Waals surface area contributed by atoms with Crippen LogP contribution in [0.3, 0.4) is 0 Å². The minimum atomic E-state index is -0.291. The van der Waals surface area contributed by atoms with Crippen molar-refractivity contribution in [2.45, 2.75) is 38.6 Å². The number of hydrogen-bond acceptors (Lipinski definition) is 2. The number of rotatable bonds is 7. The van der Waals surface area contributed by atoms with Crippen LogP contribution in [0.5, 0.6) is 0 Å². The van der Waals surface area contributed by atoms with Gasteiger partial charge in [0, 0.05) is 12.6 Å². The Hall–Kier alpha value is -0.800. The number of hydrogen-bond donors (Lipinski definition) is 2. The summed E-state index contributed by atoms with van der Waals surface area (Å²) in [4.78, 5) is 0. The van der Waals surface area contributed by atoms with Crippen LogP contribution in [-0.4, -0.2) is 12.6 Å². The Labute approximate surface area is 107 Å². The predicted molar refractivity (Wildman–Crippen MR) is 72.0 cm³/mol. The van der Waals surface area contributed by atoms with Gasteiger partial charge in [0.1, 0.15) is 5.82 Å². The molecule has 0 radical (unpaired) electrons. The molecular formula is C13H20ClFN2. The Balaban J connectivity index is 2.57. The standard InChI is InChI=1S/C13H20ClFN2/c1-2-3-4-5-11(9-16)17-13-8-10(15)6-7-12(13)14/h6-8,11,17H,2-5,9,16H2,1H3. The van der Waals surface area contributed by atoms with Gasteiger partial charge in [-0.3, -0.25) is 0 Å². The summed E-state index contributed by atoms with van der Waals surface area (Å²) in [6.07, 6.45) is 4.47. The van der Waals surface area contributed by atoms with Crippen molar-refractivity contribution in [2.75, 3.05) is 11.9 Å². The molecule has 0 spiro atoms. The zero-order chi connectivity index (χ0) is 12.7. The molecule has 0 amide bonds. The summed E-state index contributed by atoms with van der Waals surface area (Å²) in [5, 5.41) is 3.73. The molecule has 0 saturated carbocycles. The molecule has 0 heterocycles. The molecule has 17 heavy (non-hydrogen) atoms. The summed E-state index contributed by atoms with van der Waals surface area (Å²) in [5.41, 5.74) is 6.32. The molecule has 96 valence electrons. The molecule has 4 heteroatoms. The van der Waals surface area contributed by atoms with Crippen LogP contribution in [0.2, 0.25) is 5.02 Å². The minimum absolute atomic E-state index is 0.154. The lowest BCUT2D eigenvalue weighted by Crippen LogP contribution is -2.28. The average molecular weight is 259 g/mol. The van der Waals surface area contributed by atoms with Crippen LogP contribution in [0.1, 0.15) is 32.6 Å². The van der Waals surface area contributed by atoms with Crippen LogP contribution in [0.4, 0.5) is 10.1 Å². The summed E-state index contributed by atoms with van der Waals surface area (Å²) in [6.45, 7) is 2.69. The zero-order valence-electron chi connectivity index (χ0n) is 10.2. The maximum absolute atomic E-state index is 13.1. The first-order valence-electron chi connectivity index (χ1n) is 6.09. The van der Waals surface area contributed by atoms with Gasteiger partial charge in [0.2, 0.25) is 0 Å². The van der Waals surface area contributed by atoms with Gasteiger partial charge in [-0.05, 0) is 24.6 Å². The summed E-state index contributed by atoms with van der Waals surface area (Å²) < 4.78 is 13.1. The largest absolute Gasteiger partial charge is 0.380 e. The SMILES string of the molecule is CCCCCC(CN)Nc1cc(F)ccc1Cl. The van der Waals surface area contributed by atoms with E-state index in [1.165, 1.54) is 25.0 Å². The molecule has 2 nitrogen and oxygen atoms in total. The van der Waals surface area contributed by atoms with Crippen LogP contribution in [0.25, 0.3) is 0 Å². The molecule has 3 N–H and O–H groups in total. The van der Waals surface area contributed by atoms with Gasteiger partial charge in [-0.1, -0.05) is 37.8 Å². The fourth-order valence-electron chi connectivity index (χ4n) is 1.72. The Kier molecular flexibility index (Phi) is 6.30. The highest BCUT2D eigenvalue weighted by Gasteiger charge is 2.09. The number of nitrogens with two attached hydrogens (primary N) is 1. The van der Waals surface area contributed by atoms with E-state index in [0.717, 1.165) is 12.8 Å². The highest BCUT2D eigenvalue weighted by atomic mass is 35.5. The summed E-state index contributed by atoms with van der Waals surface area (Å²) >= 11 is 5.99. The molecule has 0 aliphatic carbocycles. The lowest BCUT2D eigenvalue weighted by molar-refractivity contribution is 0.590. The monoisotopic (exact) mass is 258 g/mol. The van der Waals surface area contributed by atoms with Gasteiger partial charge in [0.25, 0.3) is 0 Å². The molecule has 1 unspecified atom stereocenters. The van der Waals surface area contributed by atoms with Crippen LogP contribution in [-0.2, 0) is 0 Å². The second kappa shape index (κ2) is 7.51. The van der Waals surface area contributed by atoms with Crippen molar-refractivity contribution in [3.8, 4) is 0 Å². The van der Waals surface area contributed by atoms with Crippen LogP contribution >= 0.6 is 11.6 Å². The number of halogens is 2. The van der Waals surface area contributed by atoms with Crippen molar-refractivity contribution in [2.24, 2.45) is 5.73 Å². The molecule has 0 aliphatic rings. The van der Waals surface area contributed by atoms with Gasteiger partial charge < -0.3 is 11.1 Å². The van der Waals surface area contributed by atoms with E-state index in [1.54, 1.807) is 6.07 Å². The van der Waals surface area contributed by atoms with E-state index < -0.39 is 0 Å². The molecule has 1 aromatic carbocycles. The van der Waals surface area contributed by atoms with E-state index >= 15 is 0 Å². The Morgan fingerprint density at radius 3 is 2.82 bits per heavy atom. The Bertz CT molecular complexity index is 344. The summed E-state index contributed by atoms with van der Waals surface area (Å²) in [6, 6.07) is 4.46. The average Bonchev–Trinajstić information content (AvgIpc) is 2.32. The molecule has 0 saturated heterocycles. The quantitative estimate of drug-likeness (QED) is 0.730. The first-order valence-corrected chi connectivity index (χ1v) is 6.46. The van der Waals surface area contributed by atoms with E-state index in [1.807, 2.05) is 0 Å². The summed E-state index contributed by atoms with van der Waals surface area (Å²) in [5.74, 6) is -0.291. The number of anilines is 1. The molecular weight excluding hydrogens is 239 g/mol. The normalized spacial score (nSPS) is 12.5. The molecule has 1 aromatic rings. The molecule has 1 atom stereocenters. The third kappa shape index (κ3) is 4.92. The fraction of sp³-hybridized carbons (Fsp3) is 0.538. The lowest BCUT2D eigenvalue weighted by atomic mass is 10.1. The van der Waals surface area contributed by atoms with Crippen molar-refractivity contribution in [3.63, 3.8) is 0 Å². The third-order valence-electron chi connectivity index (χ3n) is 2.73. The van der Waals surface area contributed by atoms with Gasteiger partial charge in [0.05, 0.1) is 10.7 Å². The van der Waals surface area contributed by atoms with Crippen molar-refractivity contribution >= 4 is 17.3 Å². The van der Waals surface area contributed by atoms with Crippen molar-refractivity contribution in [1.29, 1.82) is 0 Å². The first kappa shape index (κ1) is 14.3. The predicted octanol–water partition coefficient (Wildman–Crippen LogP) is 3.80. The Morgan fingerprint density at radius 2 is 2.18 bits per heavy atom. The summed E-state index contributed by atoms with van der Waals surface area (Å²) in [7, 11) is 0. The molecule has 0 fully saturated rings. The van der Waals surface area contributed by atoms with E-state index in [4.69, 9.17) is 17.3 Å². The number of unbranched alkanes of at least 4 members (excludes halogenated alkanes) is 2. The highest BCUT2D eigenvalue weighted by molar-refractivity contribution is 6.33. The second-order valence-corrected chi connectivity index (χ2v) is 4.60. The van der Waals surface area contributed by atoms with Crippen LogP contribution < -0.4 is 11.1 Å². The molecule has 0 aliphatic heterocycles. The van der Waals surface area contributed by atoms with Crippen molar-refractivity contribution in [3.05, 3.63) is 29.0 Å². The molecule has 1 rings (SSSR count). The van der Waals surface area contributed by atoms with Gasteiger partial charge in [0.15, 0.2) is 0 Å². The first-order chi connectivity index (χ1) is 8.17. The highest BCUT2D eigenvalue weighted by Crippen LogP contribution is 2.23. The van der Waals surface area contributed by atoms with Gasteiger partial charge in [-0.2, -0.15) is 0 Å². The van der Waals surface area contributed by atoms with Crippen molar-refractivity contribution in [1.82, 2.24) is 0 Å². The fourth-order valence-corrected chi connectivity index (χ4v) is 1.89. The number of benzene rings is 1. The topological polar surface area (TPSA) is 38.0 Å². The van der Waals surface area contributed by atoms with Gasteiger partial charge >= 0.3 is 0 Å². The van der Waals surface area contributed by atoms with E-state index in [9.17, 15) is 4.39 Å². The van der Waals surface area contributed by atoms with E-state index in [-0.39, 0.29) is 11.9 Å². The maximum Gasteiger partial charge on any atom is 0.125 e. The van der Waals surface area contributed by atoms with E-state index in [0.29, 0.717) is 17.3 Å². The minimum Gasteiger partial charge on any atom is -0.380 e. The van der Waals surface area contributed by atoms with Gasteiger partial charge in [-0.25, -0.2) is 4.39 Å². The molecule has 0 aromatic heterocycles. The van der Waals surface area contributed by atoms with Crippen LogP contribution in [0.15, 0.2) is 18.2 Å². The second-order valence-electron chi connectivity index (χ2n) is 4.20. The molecule has 0 bridgehead atoms. The maximum atomic E-state index is 13.1. The van der Waals surface area contributed by atoms with Gasteiger partial charge in [-0.15, -0.1) is 0 Å². The lowest BCUT2D eigenvalue weighted by Gasteiger charge is -2.18. The van der Waals surface area contributed by atoms with E-state index in [2.05, 4.69) is 12.2 Å². The third-order valence-corrected chi connectivity index (χ3v) is 3.06. The number of nitrogens with one attached hydrogen (secondary N) is 1. The van der Waals surface area contributed by atoms with Crippen molar-refractivity contribution < 1.29 is 4.39 Å². The zero-order valence-corrected chi connectivity index (χ0v) is 10.9.